The first-order chi connectivity index (χ1) is 6.81. The molecule has 0 atom stereocenters. The minimum atomic E-state index is 0.693. The van der Waals surface area contributed by atoms with Gasteiger partial charge in [0.2, 0.25) is 0 Å². The smallest absolute Gasteiger partial charge is 0.129 e. The van der Waals surface area contributed by atoms with Gasteiger partial charge in [-0.3, -0.25) is 0 Å². The molecule has 0 saturated heterocycles. The van der Waals surface area contributed by atoms with Crippen molar-refractivity contribution in [3.05, 3.63) is 24.3 Å². The molecule has 0 heterocycles. The first-order valence-electron chi connectivity index (χ1n) is 5.21. The third kappa shape index (κ3) is 2.66. The highest BCUT2D eigenvalue weighted by atomic mass is 16.5. The largest absolute Gasteiger partial charge is 0.493 e. The molecule has 0 aromatic heterocycles. The molecule has 1 aromatic rings. The Labute approximate surface area is 86.5 Å². The molecule has 14 heavy (non-hydrogen) atoms. The number of hydrogen-bond acceptors (Lipinski definition) is 2. The van der Waals surface area contributed by atoms with E-state index in [1.807, 2.05) is 19.1 Å². The topological polar surface area (TPSA) is 12.5 Å². The number of ether oxygens (including phenoxy) is 1. The number of hydrogen-bond donors (Lipinski definition) is 0. The quantitative estimate of drug-likeness (QED) is 0.711. The molecule has 1 rings (SSSR count). The second kappa shape index (κ2) is 5.53. The van der Waals surface area contributed by atoms with Crippen LogP contribution >= 0.6 is 0 Å². The van der Waals surface area contributed by atoms with Gasteiger partial charge in [0.15, 0.2) is 0 Å². The molecule has 0 saturated carbocycles. The monoisotopic (exact) mass is 192 g/mol. The van der Waals surface area contributed by atoms with E-state index in [1.54, 1.807) is 0 Å². The average molecular weight is 192 g/mol. The SMILES string of the molecule is CCOc1[c]ccc(N(CC)CC)c1. The fourth-order valence-corrected chi connectivity index (χ4v) is 1.46. The Morgan fingerprint density at radius 3 is 2.57 bits per heavy atom. The minimum absolute atomic E-state index is 0.693. The summed E-state index contributed by atoms with van der Waals surface area (Å²) in [5, 5.41) is 0. The molecule has 0 aliphatic carbocycles. The zero-order valence-electron chi connectivity index (χ0n) is 9.21. The Morgan fingerprint density at radius 1 is 1.29 bits per heavy atom. The van der Waals surface area contributed by atoms with Gasteiger partial charge in [-0.25, -0.2) is 0 Å². The van der Waals surface area contributed by atoms with Gasteiger partial charge < -0.3 is 9.64 Å². The standard InChI is InChI=1S/C12H18NO/c1-4-13(5-2)11-8-7-9-12(10-11)14-6-3/h7-8,10H,4-6H2,1-3H3. The van der Waals surface area contributed by atoms with Crippen LogP contribution in [0.5, 0.6) is 5.75 Å². The molecule has 0 unspecified atom stereocenters. The van der Waals surface area contributed by atoms with Crippen molar-refractivity contribution >= 4 is 5.69 Å². The van der Waals surface area contributed by atoms with Gasteiger partial charge >= 0.3 is 0 Å². The lowest BCUT2D eigenvalue weighted by Gasteiger charge is -2.21. The summed E-state index contributed by atoms with van der Waals surface area (Å²) in [5.74, 6) is 0.830. The molecule has 0 aliphatic heterocycles. The molecule has 1 radical (unpaired) electrons. The molecule has 0 spiro atoms. The van der Waals surface area contributed by atoms with Crippen molar-refractivity contribution in [1.29, 1.82) is 0 Å². The maximum Gasteiger partial charge on any atom is 0.129 e. The Bertz CT molecular complexity index is 269. The van der Waals surface area contributed by atoms with Crippen LogP contribution in [0.15, 0.2) is 18.2 Å². The summed E-state index contributed by atoms with van der Waals surface area (Å²) >= 11 is 0. The lowest BCUT2D eigenvalue weighted by atomic mass is 10.2. The number of benzene rings is 1. The average Bonchev–Trinajstić information content (AvgIpc) is 2.21. The van der Waals surface area contributed by atoms with E-state index in [0.717, 1.165) is 18.8 Å². The summed E-state index contributed by atoms with van der Waals surface area (Å²) < 4.78 is 5.40. The van der Waals surface area contributed by atoms with Crippen LogP contribution in [0.1, 0.15) is 20.8 Å². The van der Waals surface area contributed by atoms with Crippen LogP contribution in [-0.4, -0.2) is 19.7 Å². The highest BCUT2D eigenvalue weighted by Crippen LogP contribution is 2.20. The molecule has 0 bridgehead atoms. The first-order valence-corrected chi connectivity index (χ1v) is 5.21. The highest BCUT2D eigenvalue weighted by molar-refractivity contribution is 5.50. The second-order valence-electron chi connectivity index (χ2n) is 3.02. The van der Waals surface area contributed by atoms with Crippen molar-refractivity contribution in [1.82, 2.24) is 0 Å². The highest BCUT2D eigenvalue weighted by Gasteiger charge is 2.02. The predicted octanol–water partition coefficient (Wildman–Crippen LogP) is 2.73. The maximum absolute atomic E-state index is 5.40. The van der Waals surface area contributed by atoms with Crippen LogP contribution in [0, 0.1) is 6.07 Å². The van der Waals surface area contributed by atoms with E-state index in [1.165, 1.54) is 5.69 Å². The van der Waals surface area contributed by atoms with Crippen LogP contribution in [-0.2, 0) is 0 Å². The lowest BCUT2D eigenvalue weighted by Crippen LogP contribution is -2.21. The van der Waals surface area contributed by atoms with E-state index >= 15 is 0 Å². The van der Waals surface area contributed by atoms with Crippen LogP contribution in [0.2, 0.25) is 0 Å². The van der Waals surface area contributed by atoms with Crippen molar-refractivity contribution in [2.45, 2.75) is 20.8 Å². The van der Waals surface area contributed by atoms with Crippen LogP contribution in [0.25, 0.3) is 0 Å². The molecular formula is C12H18NO. The van der Waals surface area contributed by atoms with E-state index < -0.39 is 0 Å². The van der Waals surface area contributed by atoms with Gasteiger partial charge in [-0.1, -0.05) is 0 Å². The summed E-state index contributed by atoms with van der Waals surface area (Å²) in [6.45, 7) is 9.02. The van der Waals surface area contributed by atoms with Gasteiger partial charge in [0, 0.05) is 30.9 Å². The van der Waals surface area contributed by atoms with Gasteiger partial charge in [0.05, 0.1) is 6.61 Å². The molecule has 0 fully saturated rings. The fourth-order valence-electron chi connectivity index (χ4n) is 1.46. The van der Waals surface area contributed by atoms with Gasteiger partial charge in [-0.15, -0.1) is 0 Å². The van der Waals surface area contributed by atoms with Crippen LogP contribution in [0.3, 0.4) is 0 Å². The first kappa shape index (κ1) is 10.9. The van der Waals surface area contributed by atoms with Crippen molar-refractivity contribution < 1.29 is 4.74 Å². The predicted molar refractivity (Wildman–Crippen MR) is 60.0 cm³/mol. The summed E-state index contributed by atoms with van der Waals surface area (Å²) in [5.41, 5.74) is 1.21. The lowest BCUT2D eigenvalue weighted by molar-refractivity contribution is 0.339. The zero-order valence-corrected chi connectivity index (χ0v) is 9.21. The number of nitrogens with zero attached hydrogens (tertiary/aromatic N) is 1. The number of rotatable bonds is 5. The Kier molecular flexibility index (Phi) is 4.30. The van der Waals surface area contributed by atoms with Gasteiger partial charge in [0.1, 0.15) is 5.75 Å². The maximum atomic E-state index is 5.40. The van der Waals surface area contributed by atoms with E-state index in [2.05, 4.69) is 30.9 Å². The van der Waals surface area contributed by atoms with Gasteiger partial charge in [-0.2, -0.15) is 0 Å². The summed E-state index contributed by atoms with van der Waals surface area (Å²) in [6.07, 6.45) is 0. The Balaban J connectivity index is 2.81. The van der Waals surface area contributed by atoms with Crippen molar-refractivity contribution in [3.8, 4) is 5.75 Å². The number of anilines is 1. The summed E-state index contributed by atoms with van der Waals surface area (Å²) in [4.78, 5) is 2.29. The molecule has 0 N–H and O–H groups in total. The van der Waals surface area contributed by atoms with Gasteiger partial charge in [0.25, 0.3) is 0 Å². The van der Waals surface area contributed by atoms with Crippen LogP contribution in [0.4, 0.5) is 5.69 Å². The molecule has 0 amide bonds. The molecular weight excluding hydrogens is 174 g/mol. The molecule has 77 valence electrons. The van der Waals surface area contributed by atoms with Crippen LogP contribution < -0.4 is 9.64 Å². The van der Waals surface area contributed by atoms with Crippen molar-refractivity contribution in [2.75, 3.05) is 24.6 Å². The minimum Gasteiger partial charge on any atom is -0.493 e. The third-order valence-corrected chi connectivity index (χ3v) is 2.19. The van der Waals surface area contributed by atoms with E-state index in [4.69, 9.17) is 4.74 Å². The van der Waals surface area contributed by atoms with E-state index in [-0.39, 0.29) is 0 Å². The van der Waals surface area contributed by atoms with Crippen molar-refractivity contribution in [3.63, 3.8) is 0 Å². The molecule has 2 heteroatoms. The third-order valence-electron chi connectivity index (χ3n) is 2.19. The Morgan fingerprint density at radius 2 is 2.00 bits per heavy atom. The molecule has 0 aliphatic rings. The van der Waals surface area contributed by atoms with E-state index in [9.17, 15) is 0 Å². The Hall–Kier alpha value is -1.18. The van der Waals surface area contributed by atoms with Gasteiger partial charge in [-0.05, 0) is 32.9 Å². The summed E-state index contributed by atoms with van der Waals surface area (Å²) in [7, 11) is 0. The normalized spacial score (nSPS) is 9.93. The van der Waals surface area contributed by atoms with E-state index in [0.29, 0.717) is 6.61 Å². The second-order valence-corrected chi connectivity index (χ2v) is 3.02. The van der Waals surface area contributed by atoms with Crippen molar-refractivity contribution in [2.24, 2.45) is 0 Å². The summed E-state index contributed by atoms with van der Waals surface area (Å²) in [6, 6.07) is 9.08. The molecule has 2 nitrogen and oxygen atoms in total. The molecule has 1 aromatic carbocycles. The fraction of sp³-hybridized carbons (Fsp3) is 0.500. The zero-order chi connectivity index (χ0) is 10.4.